The van der Waals surface area contributed by atoms with Crippen molar-refractivity contribution in [2.45, 2.75) is 24.7 Å². The molecular formula is C17H17BrOS. The zero-order valence-electron chi connectivity index (χ0n) is 11.4. The van der Waals surface area contributed by atoms with Gasteiger partial charge in [0, 0.05) is 14.9 Å². The Morgan fingerprint density at radius 3 is 2.70 bits per heavy atom. The van der Waals surface area contributed by atoms with E-state index in [9.17, 15) is 4.79 Å². The van der Waals surface area contributed by atoms with Crippen molar-refractivity contribution in [1.82, 2.24) is 0 Å². The van der Waals surface area contributed by atoms with Gasteiger partial charge in [-0.3, -0.25) is 4.79 Å². The summed E-state index contributed by atoms with van der Waals surface area (Å²) >= 11 is 5.02. The Balaban J connectivity index is 1.99. The third-order valence-corrected chi connectivity index (χ3v) is 4.44. The maximum Gasteiger partial charge on any atom is 0.173 e. The molecule has 0 spiro atoms. The molecule has 2 rings (SSSR count). The predicted octanol–water partition coefficient (Wildman–Crippen LogP) is 5.38. The fourth-order valence-corrected chi connectivity index (χ4v) is 3.38. The highest BCUT2D eigenvalue weighted by atomic mass is 79.9. The number of carbonyl (C=O) groups excluding carboxylic acids is 1. The SMILES string of the molecule is CCCc1cccc(C(=O)CSc2cccc(Br)c2)c1. The van der Waals surface area contributed by atoms with Gasteiger partial charge in [-0.05, 0) is 36.2 Å². The van der Waals surface area contributed by atoms with Gasteiger partial charge < -0.3 is 0 Å². The number of halogens is 1. The van der Waals surface area contributed by atoms with Crippen molar-refractivity contribution < 1.29 is 4.79 Å². The summed E-state index contributed by atoms with van der Waals surface area (Å²) in [6, 6.07) is 16.0. The minimum absolute atomic E-state index is 0.188. The summed E-state index contributed by atoms with van der Waals surface area (Å²) in [7, 11) is 0. The Morgan fingerprint density at radius 1 is 1.15 bits per heavy atom. The van der Waals surface area contributed by atoms with Gasteiger partial charge in [-0.25, -0.2) is 0 Å². The first-order valence-electron chi connectivity index (χ1n) is 6.69. The quantitative estimate of drug-likeness (QED) is 0.515. The molecule has 0 saturated carbocycles. The van der Waals surface area contributed by atoms with Crippen molar-refractivity contribution in [2.24, 2.45) is 0 Å². The van der Waals surface area contributed by atoms with E-state index in [0.717, 1.165) is 27.8 Å². The minimum atomic E-state index is 0.188. The Bertz CT molecular complexity index is 595. The highest BCUT2D eigenvalue weighted by Gasteiger charge is 2.07. The van der Waals surface area contributed by atoms with E-state index in [1.54, 1.807) is 11.8 Å². The molecule has 0 amide bonds. The molecule has 1 nitrogen and oxygen atoms in total. The van der Waals surface area contributed by atoms with Gasteiger partial charge in [0.1, 0.15) is 0 Å². The standard InChI is InChI=1S/C17H17BrOS/c1-2-5-13-6-3-7-14(10-13)17(19)12-20-16-9-4-8-15(18)11-16/h3-4,6-11H,2,5,12H2,1H3. The van der Waals surface area contributed by atoms with Crippen molar-refractivity contribution in [1.29, 1.82) is 0 Å². The molecule has 0 radical (unpaired) electrons. The molecule has 104 valence electrons. The fourth-order valence-electron chi connectivity index (χ4n) is 1.98. The summed E-state index contributed by atoms with van der Waals surface area (Å²) in [5.41, 5.74) is 2.06. The number of hydrogen-bond acceptors (Lipinski definition) is 2. The van der Waals surface area contributed by atoms with Crippen LogP contribution < -0.4 is 0 Å². The van der Waals surface area contributed by atoms with Gasteiger partial charge >= 0.3 is 0 Å². The molecule has 0 N–H and O–H groups in total. The number of hydrogen-bond donors (Lipinski definition) is 0. The first-order valence-corrected chi connectivity index (χ1v) is 8.47. The highest BCUT2D eigenvalue weighted by Crippen LogP contribution is 2.23. The van der Waals surface area contributed by atoms with Gasteiger partial charge in [0.05, 0.1) is 5.75 Å². The van der Waals surface area contributed by atoms with Crippen LogP contribution in [0.2, 0.25) is 0 Å². The van der Waals surface area contributed by atoms with Crippen LogP contribution in [0.4, 0.5) is 0 Å². The maximum absolute atomic E-state index is 12.2. The molecule has 0 fully saturated rings. The van der Waals surface area contributed by atoms with E-state index in [1.165, 1.54) is 5.56 Å². The van der Waals surface area contributed by atoms with Crippen LogP contribution in [0.3, 0.4) is 0 Å². The molecule has 0 heterocycles. The number of rotatable bonds is 6. The van der Waals surface area contributed by atoms with E-state index >= 15 is 0 Å². The van der Waals surface area contributed by atoms with Crippen LogP contribution in [0.1, 0.15) is 29.3 Å². The molecule has 2 aromatic carbocycles. The van der Waals surface area contributed by atoms with Crippen molar-refractivity contribution in [3.05, 3.63) is 64.1 Å². The Hall–Kier alpha value is -1.06. The zero-order chi connectivity index (χ0) is 14.4. The summed E-state index contributed by atoms with van der Waals surface area (Å²) < 4.78 is 1.04. The lowest BCUT2D eigenvalue weighted by Gasteiger charge is -2.04. The summed E-state index contributed by atoms with van der Waals surface area (Å²) in [4.78, 5) is 13.3. The third kappa shape index (κ3) is 4.50. The molecule has 2 aromatic rings. The van der Waals surface area contributed by atoms with Gasteiger partial charge in [-0.15, -0.1) is 11.8 Å². The highest BCUT2D eigenvalue weighted by molar-refractivity contribution is 9.10. The van der Waals surface area contributed by atoms with Crippen LogP contribution in [0.5, 0.6) is 0 Å². The molecule has 0 saturated heterocycles. The molecular weight excluding hydrogens is 332 g/mol. The van der Waals surface area contributed by atoms with Gasteiger partial charge in [0.15, 0.2) is 5.78 Å². The molecule has 0 aliphatic heterocycles. The van der Waals surface area contributed by atoms with E-state index in [-0.39, 0.29) is 5.78 Å². The van der Waals surface area contributed by atoms with Crippen molar-refractivity contribution in [3.8, 4) is 0 Å². The lowest BCUT2D eigenvalue weighted by atomic mass is 10.1. The Labute approximate surface area is 132 Å². The summed E-state index contributed by atoms with van der Waals surface area (Å²) in [6.45, 7) is 2.15. The van der Waals surface area contributed by atoms with Crippen LogP contribution in [-0.4, -0.2) is 11.5 Å². The van der Waals surface area contributed by atoms with Gasteiger partial charge in [-0.1, -0.05) is 53.5 Å². The minimum Gasteiger partial charge on any atom is -0.293 e. The Kier molecular flexibility index (Phi) is 5.86. The molecule has 0 aromatic heterocycles. The van der Waals surface area contributed by atoms with Crippen LogP contribution in [0.15, 0.2) is 57.9 Å². The number of carbonyl (C=O) groups is 1. The van der Waals surface area contributed by atoms with Crippen molar-refractivity contribution >= 4 is 33.5 Å². The van der Waals surface area contributed by atoms with Crippen LogP contribution in [0.25, 0.3) is 0 Å². The van der Waals surface area contributed by atoms with Crippen molar-refractivity contribution in [2.75, 3.05) is 5.75 Å². The first kappa shape index (κ1) is 15.3. The molecule has 0 atom stereocenters. The molecule has 20 heavy (non-hydrogen) atoms. The molecule has 0 aliphatic carbocycles. The topological polar surface area (TPSA) is 17.1 Å². The number of thioether (sulfide) groups is 1. The zero-order valence-corrected chi connectivity index (χ0v) is 13.8. The average molecular weight is 349 g/mol. The normalized spacial score (nSPS) is 10.5. The number of benzene rings is 2. The first-order chi connectivity index (χ1) is 9.69. The average Bonchev–Trinajstić information content (AvgIpc) is 2.45. The molecule has 3 heteroatoms. The molecule has 0 aliphatic rings. The van der Waals surface area contributed by atoms with Crippen LogP contribution in [-0.2, 0) is 6.42 Å². The van der Waals surface area contributed by atoms with E-state index < -0.39 is 0 Å². The second-order valence-corrected chi connectivity index (χ2v) is 6.58. The predicted molar refractivity (Wildman–Crippen MR) is 89.6 cm³/mol. The van der Waals surface area contributed by atoms with Crippen LogP contribution in [0, 0.1) is 0 Å². The molecule has 0 unspecified atom stereocenters. The van der Waals surface area contributed by atoms with Gasteiger partial charge in [0.2, 0.25) is 0 Å². The van der Waals surface area contributed by atoms with E-state index in [2.05, 4.69) is 28.9 Å². The van der Waals surface area contributed by atoms with E-state index in [0.29, 0.717) is 5.75 Å². The lowest BCUT2D eigenvalue weighted by molar-refractivity contribution is 0.102. The van der Waals surface area contributed by atoms with Crippen LogP contribution >= 0.6 is 27.7 Å². The second-order valence-electron chi connectivity index (χ2n) is 4.62. The van der Waals surface area contributed by atoms with E-state index in [4.69, 9.17) is 0 Å². The second kappa shape index (κ2) is 7.65. The van der Waals surface area contributed by atoms with Gasteiger partial charge in [0.25, 0.3) is 0 Å². The fraction of sp³-hybridized carbons (Fsp3) is 0.235. The van der Waals surface area contributed by atoms with Gasteiger partial charge in [-0.2, -0.15) is 0 Å². The summed E-state index contributed by atoms with van der Waals surface area (Å²) in [5.74, 6) is 0.666. The number of ketones is 1. The maximum atomic E-state index is 12.2. The van der Waals surface area contributed by atoms with Crippen molar-refractivity contribution in [3.63, 3.8) is 0 Å². The van der Waals surface area contributed by atoms with E-state index in [1.807, 2.05) is 42.5 Å². The summed E-state index contributed by atoms with van der Waals surface area (Å²) in [5, 5.41) is 0. The number of Topliss-reactive ketones (excluding diaryl/α,β-unsaturated/α-hetero) is 1. The number of aryl methyl sites for hydroxylation is 1. The third-order valence-electron chi connectivity index (χ3n) is 2.95. The largest absolute Gasteiger partial charge is 0.293 e. The Morgan fingerprint density at radius 2 is 1.95 bits per heavy atom. The smallest absolute Gasteiger partial charge is 0.173 e. The summed E-state index contributed by atoms with van der Waals surface area (Å²) in [6.07, 6.45) is 2.13. The lowest BCUT2D eigenvalue weighted by Crippen LogP contribution is -2.03. The monoisotopic (exact) mass is 348 g/mol. The molecule has 0 bridgehead atoms.